The van der Waals surface area contributed by atoms with Crippen molar-refractivity contribution in [2.45, 2.75) is 32.3 Å². The molecule has 0 aliphatic carbocycles. The molecule has 1 heterocycles. The maximum absolute atomic E-state index is 11.7. The number of carbonyl (C=O) groups excluding carboxylic acids is 1. The van der Waals surface area contributed by atoms with Crippen molar-refractivity contribution in [3.05, 3.63) is 0 Å². The van der Waals surface area contributed by atoms with Crippen LogP contribution in [0, 0.1) is 0 Å². The molecule has 2 N–H and O–H groups in total. The molecule has 0 saturated carbocycles. The molecule has 6 nitrogen and oxygen atoms in total. The Labute approximate surface area is 107 Å². The number of rotatable bonds is 5. The lowest BCUT2D eigenvalue weighted by Gasteiger charge is -2.37. The fraction of sp³-hybridized carbons (Fsp3) is 0.833. The zero-order valence-corrected chi connectivity index (χ0v) is 11.1. The SMILES string of the molecule is CC(C)(O)CN1CCN(C(=O)CCC(=O)O)CC1. The lowest BCUT2D eigenvalue weighted by molar-refractivity contribution is -0.141. The summed E-state index contributed by atoms with van der Waals surface area (Å²) < 4.78 is 0. The average molecular weight is 258 g/mol. The highest BCUT2D eigenvalue weighted by Gasteiger charge is 2.24. The second-order valence-corrected chi connectivity index (χ2v) is 5.36. The number of β-amino-alcohol motifs (C(OH)–C–C–N with tert-alkyl or cyclic N) is 1. The molecule has 1 fully saturated rings. The van der Waals surface area contributed by atoms with Crippen LogP contribution in [0.15, 0.2) is 0 Å². The normalized spacial score (nSPS) is 17.8. The summed E-state index contributed by atoms with van der Waals surface area (Å²) in [6, 6.07) is 0. The van der Waals surface area contributed by atoms with Gasteiger partial charge in [0, 0.05) is 39.1 Å². The Morgan fingerprint density at radius 2 is 1.67 bits per heavy atom. The molecule has 0 unspecified atom stereocenters. The third-order valence-corrected chi connectivity index (χ3v) is 2.89. The number of carboxylic acid groups (broad SMARTS) is 1. The zero-order chi connectivity index (χ0) is 13.8. The molecule has 0 aromatic heterocycles. The van der Waals surface area contributed by atoms with E-state index in [9.17, 15) is 14.7 Å². The van der Waals surface area contributed by atoms with E-state index in [1.807, 2.05) is 0 Å². The molecular formula is C12H22N2O4. The summed E-state index contributed by atoms with van der Waals surface area (Å²) in [4.78, 5) is 25.9. The van der Waals surface area contributed by atoms with E-state index >= 15 is 0 Å². The Hall–Kier alpha value is -1.14. The molecule has 1 aliphatic heterocycles. The van der Waals surface area contributed by atoms with Crippen molar-refractivity contribution in [2.24, 2.45) is 0 Å². The van der Waals surface area contributed by atoms with Crippen molar-refractivity contribution in [1.29, 1.82) is 0 Å². The van der Waals surface area contributed by atoms with Gasteiger partial charge in [0.1, 0.15) is 0 Å². The van der Waals surface area contributed by atoms with E-state index in [-0.39, 0.29) is 18.7 Å². The van der Waals surface area contributed by atoms with Gasteiger partial charge in [-0.15, -0.1) is 0 Å². The zero-order valence-electron chi connectivity index (χ0n) is 11.1. The van der Waals surface area contributed by atoms with Crippen molar-refractivity contribution < 1.29 is 19.8 Å². The van der Waals surface area contributed by atoms with E-state index in [4.69, 9.17) is 5.11 Å². The molecule has 0 spiro atoms. The molecular weight excluding hydrogens is 236 g/mol. The van der Waals surface area contributed by atoms with Crippen LogP contribution >= 0.6 is 0 Å². The van der Waals surface area contributed by atoms with E-state index in [1.165, 1.54) is 0 Å². The quantitative estimate of drug-likeness (QED) is 0.711. The minimum absolute atomic E-state index is 0.0703. The summed E-state index contributed by atoms with van der Waals surface area (Å²) in [6.45, 7) is 6.77. The van der Waals surface area contributed by atoms with Gasteiger partial charge in [-0.3, -0.25) is 14.5 Å². The second kappa shape index (κ2) is 6.15. The van der Waals surface area contributed by atoms with Crippen molar-refractivity contribution >= 4 is 11.9 Å². The monoisotopic (exact) mass is 258 g/mol. The van der Waals surface area contributed by atoms with Crippen LogP contribution in [0.4, 0.5) is 0 Å². The van der Waals surface area contributed by atoms with Gasteiger partial charge in [-0.05, 0) is 13.8 Å². The van der Waals surface area contributed by atoms with Gasteiger partial charge in [0.15, 0.2) is 0 Å². The third-order valence-electron chi connectivity index (χ3n) is 2.89. The van der Waals surface area contributed by atoms with Gasteiger partial charge < -0.3 is 15.1 Å². The molecule has 104 valence electrons. The Bertz CT molecular complexity index is 304. The van der Waals surface area contributed by atoms with E-state index in [2.05, 4.69) is 4.90 Å². The molecule has 1 saturated heterocycles. The van der Waals surface area contributed by atoms with Crippen LogP contribution in [0.2, 0.25) is 0 Å². The maximum Gasteiger partial charge on any atom is 0.303 e. The first-order chi connectivity index (χ1) is 8.28. The molecule has 0 atom stereocenters. The minimum Gasteiger partial charge on any atom is -0.481 e. The summed E-state index contributed by atoms with van der Waals surface area (Å²) >= 11 is 0. The highest BCUT2D eigenvalue weighted by atomic mass is 16.4. The maximum atomic E-state index is 11.7. The van der Waals surface area contributed by atoms with Crippen molar-refractivity contribution in [1.82, 2.24) is 9.80 Å². The number of nitrogens with zero attached hydrogens (tertiary/aromatic N) is 2. The summed E-state index contributed by atoms with van der Waals surface area (Å²) in [5, 5.41) is 18.2. The molecule has 0 aromatic carbocycles. The van der Waals surface area contributed by atoms with Crippen LogP contribution in [-0.2, 0) is 9.59 Å². The molecule has 0 aromatic rings. The number of aliphatic carboxylic acids is 1. The lowest BCUT2D eigenvalue weighted by atomic mass is 10.1. The number of piperazine rings is 1. The molecule has 1 rings (SSSR count). The van der Waals surface area contributed by atoms with Gasteiger partial charge in [-0.1, -0.05) is 0 Å². The Morgan fingerprint density at radius 1 is 1.11 bits per heavy atom. The second-order valence-electron chi connectivity index (χ2n) is 5.36. The molecule has 0 radical (unpaired) electrons. The number of hydrogen-bond donors (Lipinski definition) is 2. The third kappa shape index (κ3) is 5.46. The number of hydrogen-bond acceptors (Lipinski definition) is 4. The fourth-order valence-electron chi connectivity index (χ4n) is 2.07. The van der Waals surface area contributed by atoms with Crippen molar-refractivity contribution in [3.8, 4) is 0 Å². The Kier molecular flexibility index (Phi) is 5.10. The van der Waals surface area contributed by atoms with Gasteiger partial charge in [-0.25, -0.2) is 0 Å². The van der Waals surface area contributed by atoms with Crippen LogP contribution in [0.1, 0.15) is 26.7 Å². The molecule has 6 heteroatoms. The molecule has 18 heavy (non-hydrogen) atoms. The number of carbonyl (C=O) groups is 2. The van der Waals surface area contributed by atoms with E-state index in [0.29, 0.717) is 19.6 Å². The van der Waals surface area contributed by atoms with Gasteiger partial charge in [-0.2, -0.15) is 0 Å². The lowest BCUT2D eigenvalue weighted by Crippen LogP contribution is -2.52. The topological polar surface area (TPSA) is 81.1 Å². The largest absolute Gasteiger partial charge is 0.481 e. The highest BCUT2D eigenvalue weighted by Crippen LogP contribution is 2.09. The van der Waals surface area contributed by atoms with Crippen LogP contribution < -0.4 is 0 Å². The summed E-state index contributed by atoms with van der Waals surface area (Å²) in [5.74, 6) is -1.04. The molecule has 1 amide bonds. The predicted octanol–water partition coefficient (Wildman–Crippen LogP) is -0.234. The highest BCUT2D eigenvalue weighted by molar-refractivity contribution is 5.80. The smallest absolute Gasteiger partial charge is 0.303 e. The van der Waals surface area contributed by atoms with Gasteiger partial charge >= 0.3 is 5.97 Å². The van der Waals surface area contributed by atoms with Crippen LogP contribution in [-0.4, -0.2) is 70.2 Å². The van der Waals surface area contributed by atoms with E-state index < -0.39 is 11.6 Å². The van der Waals surface area contributed by atoms with E-state index in [0.717, 1.165) is 13.1 Å². The number of amides is 1. The standard InChI is InChI=1S/C12H22N2O4/c1-12(2,18)9-13-5-7-14(8-6-13)10(15)3-4-11(16)17/h18H,3-9H2,1-2H3,(H,16,17). The van der Waals surface area contributed by atoms with E-state index in [1.54, 1.807) is 18.7 Å². The first-order valence-electron chi connectivity index (χ1n) is 6.22. The average Bonchev–Trinajstić information content (AvgIpc) is 2.24. The first kappa shape index (κ1) is 14.9. The van der Waals surface area contributed by atoms with Crippen LogP contribution in [0.5, 0.6) is 0 Å². The van der Waals surface area contributed by atoms with Crippen molar-refractivity contribution in [2.75, 3.05) is 32.7 Å². The van der Waals surface area contributed by atoms with Gasteiger partial charge in [0.05, 0.1) is 12.0 Å². The minimum atomic E-state index is -0.941. The number of aliphatic hydroxyl groups is 1. The summed E-state index contributed by atoms with van der Waals surface area (Å²) in [7, 11) is 0. The van der Waals surface area contributed by atoms with Gasteiger partial charge in [0.2, 0.25) is 5.91 Å². The molecule has 1 aliphatic rings. The number of carboxylic acids is 1. The summed E-state index contributed by atoms with van der Waals surface area (Å²) in [5.41, 5.74) is -0.727. The first-order valence-corrected chi connectivity index (χ1v) is 6.22. The van der Waals surface area contributed by atoms with Crippen molar-refractivity contribution in [3.63, 3.8) is 0 Å². The predicted molar refractivity (Wildman–Crippen MR) is 66.2 cm³/mol. The Morgan fingerprint density at radius 3 is 2.11 bits per heavy atom. The Balaban J connectivity index is 2.30. The summed E-state index contributed by atoms with van der Waals surface area (Å²) in [6.07, 6.45) is -0.0381. The van der Waals surface area contributed by atoms with Gasteiger partial charge in [0.25, 0.3) is 0 Å². The fourth-order valence-corrected chi connectivity index (χ4v) is 2.07. The van der Waals surface area contributed by atoms with Crippen LogP contribution in [0.25, 0.3) is 0 Å². The molecule has 0 bridgehead atoms. The van der Waals surface area contributed by atoms with Crippen LogP contribution in [0.3, 0.4) is 0 Å².